The summed E-state index contributed by atoms with van der Waals surface area (Å²) in [5.74, 6) is -1.28. The first-order valence-electron chi connectivity index (χ1n) is 13.0. The van der Waals surface area contributed by atoms with Crippen molar-refractivity contribution in [2.45, 2.75) is 45.0 Å². The normalized spacial score (nSPS) is 14.3. The molecule has 0 aliphatic carbocycles. The average molecular weight is 593 g/mol. The van der Waals surface area contributed by atoms with Gasteiger partial charge >= 0.3 is 19.2 Å². The summed E-state index contributed by atoms with van der Waals surface area (Å²) < 4.78 is 15.4. The van der Waals surface area contributed by atoms with Crippen LogP contribution in [0.2, 0.25) is 5.82 Å². The van der Waals surface area contributed by atoms with E-state index < -0.39 is 36.4 Å². The van der Waals surface area contributed by atoms with Crippen LogP contribution in [0.15, 0.2) is 59.8 Å². The van der Waals surface area contributed by atoms with Gasteiger partial charge in [0.15, 0.2) is 11.5 Å². The molecule has 0 fully saturated rings. The molecular formula is C28H32BN5O9. The molecule has 1 atom stereocenters. The number of nitrogens with two attached hydrogens (primary N) is 1. The van der Waals surface area contributed by atoms with Gasteiger partial charge in [-0.2, -0.15) is 4.98 Å². The number of nitrogens with zero attached hydrogens (tertiary/aromatic N) is 3. The Morgan fingerprint density at radius 1 is 1.12 bits per heavy atom. The number of pyridine rings is 2. The van der Waals surface area contributed by atoms with E-state index in [2.05, 4.69) is 20.4 Å². The number of oxime groups is 1. The van der Waals surface area contributed by atoms with Crippen LogP contribution in [0.1, 0.15) is 48.8 Å². The molecule has 3 heterocycles. The molecule has 1 amide bonds. The van der Waals surface area contributed by atoms with E-state index in [1.165, 1.54) is 25.3 Å². The van der Waals surface area contributed by atoms with Gasteiger partial charge < -0.3 is 35.2 Å². The largest absolute Gasteiger partial charge is 0.535 e. The first-order valence-corrected chi connectivity index (χ1v) is 13.0. The highest BCUT2D eigenvalue weighted by atomic mass is 16.6. The second kappa shape index (κ2) is 14.1. The number of benzene rings is 1. The SMILES string of the molecule is COc1cccc(NC(=O)OC(C)(C)C)n1.Nc1cccc(/C(=N/O)C(=O)C[C@H]2Cc3cccc(C(=O)O)c3OB2O)n1. The second-order valence-corrected chi connectivity index (χ2v) is 10.3. The summed E-state index contributed by atoms with van der Waals surface area (Å²) in [5.41, 5.74) is 5.41. The molecule has 3 aromatic rings. The van der Waals surface area contributed by atoms with Gasteiger partial charge in [0, 0.05) is 18.3 Å². The molecule has 4 rings (SSSR count). The van der Waals surface area contributed by atoms with Gasteiger partial charge in [-0.15, -0.1) is 0 Å². The number of fused-ring (bicyclic) bond motifs is 1. The number of rotatable bonds is 7. The van der Waals surface area contributed by atoms with Crippen LogP contribution in [0.5, 0.6) is 11.6 Å². The first-order chi connectivity index (χ1) is 20.3. The van der Waals surface area contributed by atoms with E-state index >= 15 is 0 Å². The number of Topliss-reactive ketones (excluding diaryl/α,β-unsaturated/α-hetero) is 1. The van der Waals surface area contributed by atoms with Crippen molar-refractivity contribution in [1.29, 1.82) is 0 Å². The van der Waals surface area contributed by atoms with Gasteiger partial charge in [-0.25, -0.2) is 14.6 Å². The maximum atomic E-state index is 12.6. The van der Waals surface area contributed by atoms with Crippen LogP contribution < -0.4 is 20.4 Å². The fourth-order valence-corrected chi connectivity index (χ4v) is 4.00. The lowest BCUT2D eigenvalue weighted by Crippen LogP contribution is -2.37. The van der Waals surface area contributed by atoms with Gasteiger partial charge in [0.25, 0.3) is 0 Å². The van der Waals surface area contributed by atoms with Crippen molar-refractivity contribution in [2.24, 2.45) is 5.16 Å². The zero-order valence-corrected chi connectivity index (χ0v) is 24.0. The number of carboxylic acids is 1. The minimum absolute atomic E-state index is 0.0575. The highest BCUT2D eigenvalue weighted by Gasteiger charge is 2.38. The van der Waals surface area contributed by atoms with Gasteiger partial charge in [-0.1, -0.05) is 29.4 Å². The van der Waals surface area contributed by atoms with Crippen molar-refractivity contribution < 1.29 is 43.8 Å². The number of nitrogen functional groups attached to an aromatic ring is 1. The van der Waals surface area contributed by atoms with Crippen LogP contribution in [0.3, 0.4) is 0 Å². The predicted molar refractivity (Wildman–Crippen MR) is 157 cm³/mol. The Morgan fingerprint density at radius 3 is 2.44 bits per heavy atom. The van der Waals surface area contributed by atoms with Crippen LogP contribution in [0.25, 0.3) is 0 Å². The number of anilines is 2. The molecule has 0 bridgehead atoms. The Labute approximate surface area is 247 Å². The monoisotopic (exact) mass is 593 g/mol. The molecule has 6 N–H and O–H groups in total. The summed E-state index contributed by atoms with van der Waals surface area (Å²) in [6, 6.07) is 14.3. The van der Waals surface area contributed by atoms with Crippen LogP contribution in [0, 0.1) is 0 Å². The number of hydrogen-bond acceptors (Lipinski definition) is 12. The molecule has 0 spiro atoms. The molecule has 1 aliphatic rings. The number of ether oxygens (including phenoxy) is 2. The molecule has 2 aromatic heterocycles. The number of para-hydroxylation sites is 1. The van der Waals surface area contributed by atoms with Crippen molar-refractivity contribution in [2.75, 3.05) is 18.2 Å². The van der Waals surface area contributed by atoms with E-state index in [0.29, 0.717) is 17.3 Å². The van der Waals surface area contributed by atoms with Gasteiger partial charge in [0.1, 0.15) is 23.0 Å². The molecule has 226 valence electrons. The van der Waals surface area contributed by atoms with Crippen LogP contribution in [0.4, 0.5) is 16.4 Å². The second-order valence-electron chi connectivity index (χ2n) is 10.3. The third-order valence-electron chi connectivity index (χ3n) is 5.84. The highest BCUT2D eigenvalue weighted by molar-refractivity contribution is 6.50. The first kappa shape index (κ1) is 32.3. The van der Waals surface area contributed by atoms with E-state index in [1.807, 2.05) is 0 Å². The highest BCUT2D eigenvalue weighted by Crippen LogP contribution is 2.36. The Morgan fingerprint density at radius 2 is 1.81 bits per heavy atom. The number of carboxylic acid groups (broad SMARTS) is 1. The van der Waals surface area contributed by atoms with Crippen molar-refractivity contribution in [3.63, 3.8) is 0 Å². The molecule has 15 heteroatoms. The minimum atomic E-state index is -1.38. The number of ketones is 1. The molecule has 0 saturated carbocycles. The fourth-order valence-electron chi connectivity index (χ4n) is 4.00. The summed E-state index contributed by atoms with van der Waals surface area (Å²) in [5, 5.41) is 34.2. The Hall–Kier alpha value is -5.18. The number of methoxy groups -OCH3 is 1. The molecule has 43 heavy (non-hydrogen) atoms. The summed E-state index contributed by atoms with van der Waals surface area (Å²) >= 11 is 0. The van der Waals surface area contributed by atoms with Crippen molar-refractivity contribution in [1.82, 2.24) is 9.97 Å². The summed E-state index contributed by atoms with van der Waals surface area (Å²) in [6.45, 7) is 5.39. The van der Waals surface area contributed by atoms with E-state index in [4.69, 9.17) is 19.9 Å². The van der Waals surface area contributed by atoms with Gasteiger partial charge in [0.05, 0.1) is 18.4 Å². The zero-order chi connectivity index (χ0) is 31.7. The minimum Gasteiger partial charge on any atom is -0.535 e. The lowest BCUT2D eigenvalue weighted by Gasteiger charge is -2.28. The predicted octanol–water partition coefficient (Wildman–Crippen LogP) is 3.42. The van der Waals surface area contributed by atoms with Crippen molar-refractivity contribution in [3.05, 3.63) is 71.4 Å². The van der Waals surface area contributed by atoms with Gasteiger partial charge in [-0.05, 0) is 57.0 Å². The van der Waals surface area contributed by atoms with Crippen LogP contribution in [-0.2, 0) is 16.0 Å². The molecular weight excluding hydrogens is 561 g/mol. The quantitative estimate of drug-likeness (QED) is 0.115. The third-order valence-corrected chi connectivity index (χ3v) is 5.84. The molecule has 14 nitrogen and oxygen atoms in total. The van der Waals surface area contributed by atoms with Gasteiger partial charge in [0.2, 0.25) is 5.88 Å². The Balaban J connectivity index is 0.000000271. The third kappa shape index (κ3) is 9.16. The number of carbonyl (C=O) groups excluding carboxylic acids is 2. The molecule has 0 unspecified atom stereocenters. The maximum Gasteiger partial charge on any atom is 0.526 e. The van der Waals surface area contributed by atoms with E-state index in [-0.39, 0.29) is 41.4 Å². The number of nitrogens with one attached hydrogen (secondary N) is 1. The Kier molecular flexibility index (Phi) is 10.6. The lowest BCUT2D eigenvalue weighted by atomic mass is 9.64. The van der Waals surface area contributed by atoms with E-state index in [0.717, 1.165) is 0 Å². The topological polar surface area (TPSA) is 216 Å². The smallest absolute Gasteiger partial charge is 0.526 e. The number of aromatic nitrogens is 2. The molecule has 0 saturated heterocycles. The molecule has 1 aromatic carbocycles. The summed E-state index contributed by atoms with van der Waals surface area (Å²) in [6.07, 6.45) is -0.492. The summed E-state index contributed by atoms with van der Waals surface area (Å²) in [4.78, 5) is 43.2. The number of carbonyl (C=O) groups is 3. The van der Waals surface area contributed by atoms with Crippen molar-refractivity contribution >= 4 is 42.3 Å². The zero-order valence-electron chi connectivity index (χ0n) is 24.0. The Bertz CT molecular complexity index is 1510. The van der Waals surface area contributed by atoms with Gasteiger partial charge in [-0.3, -0.25) is 10.1 Å². The average Bonchev–Trinajstić information content (AvgIpc) is 2.93. The van der Waals surface area contributed by atoms with Crippen LogP contribution in [-0.4, -0.2) is 68.7 Å². The lowest BCUT2D eigenvalue weighted by molar-refractivity contribution is -0.113. The number of amides is 1. The fraction of sp³-hybridized carbons (Fsp3) is 0.286. The van der Waals surface area contributed by atoms with E-state index in [9.17, 15) is 29.7 Å². The van der Waals surface area contributed by atoms with E-state index in [1.54, 1.807) is 57.2 Å². The number of hydrogen-bond donors (Lipinski definition) is 5. The van der Waals surface area contributed by atoms with Crippen molar-refractivity contribution in [3.8, 4) is 11.6 Å². The van der Waals surface area contributed by atoms with Crippen LogP contribution >= 0.6 is 0 Å². The number of aromatic carboxylic acids is 1. The summed E-state index contributed by atoms with van der Waals surface area (Å²) in [7, 11) is 0.134. The molecule has 0 radical (unpaired) electrons. The molecule has 1 aliphatic heterocycles. The standard InChI is InChI=1S/C17H16BN3O6.C11H16N2O3/c19-14-6-2-5-12(20-14)15(21-26)13(22)8-10-7-9-3-1-4-11(17(23)24)16(9)27-18(10)25;1-11(2,3)16-10(14)13-8-6-5-7-9(12-8)15-4/h1-6,10,25-26H,7-8H2,(H2,19,20)(H,23,24);5-7H,1-4H3,(H,12,13,14)/b21-15-;/t10-;/m1./s1. The maximum absolute atomic E-state index is 12.6.